The molecule has 2 N–H and O–H groups in total. The summed E-state index contributed by atoms with van der Waals surface area (Å²) in [6.45, 7) is 27.0. The van der Waals surface area contributed by atoms with E-state index < -0.39 is 31.4 Å². The number of aliphatic hydroxyl groups is 1. The number of methoxy groups -OCH3 is 2. The predicted molar refractivity (Wildman–Crippen MR) is 246 cm³/mol. The third-order valence-corrected chi connectivity index (χ3v) is 14.4. The Kier molecular flexibility index (Phi) is 14.7. The normalized spacial score (nSPS) is 17.2. The van der Waals surface area contributed by atoms with Crippen molar-refractivity contribution in [1.29, 1.82) is 0 Å². The second-order valence-electron chi connectivity index (χ2n) is 21.1. The van der Waals surface area contributed by atoms with E-state index in [-0.39, 0.29) is 58.5 Å². The first-order valence-electron chi connectivity index (χ1n) is 21.6. The number of likely N-dealkylation sites (tertiary alicyclic amines) is 1. The smallest absolute Gasteiger partial charge is 0.416 e. The molecule has 0 unspecified atom stereocenters. The summed E-state index contributed by atoms with van der Waals surface area (Å²) in [5.41, 5.74) is 1.65. The molecule has 1 aliphatic heterocycles. The lowest BCUT2D eigenvalue weighted by Gasteiger charge is -2.34. The molecule has 1 aliphatic rings. The van der Waals surface area contributed by atoms with E-state index in [1.807, 2.05) is 6.07 Å². The van der Waals surface area contributed by atoms with E-state index in [1.165, 1.54) is 0 Å². The molecule has 1 saturated heterocycles. The number of rotatable bonds is 11. The van der Waals surface area contributed by atoms with Crippen molar-refractivity contribution in [3.8, 4) is 11.5 Å². The van der Waals surface area contributed by atoms with Crippen LogP contribution in [0.2, 0.25) is 0 Å². The van der Waals surface area contributed by atoms with E-state index in [0.29, 0.717) is 19.5 Å². The summed E-state index contributed by atoms with van der Waals surface area (Å²) in [4.78, 5) is 2.17. The molecule has 4 aromatic rings. The number of nitrogens with one attached hydrogen (secondary N) is 1. The van der Waals surface area contributed by atoms with Gasteiger partial charge in [-0.05, 0) is 106 Å². The molecule has 1 heterocycles. The lowest BCUT2D eigenvalue weighted by molar-refractivity contribution is -0.143. The van der Waals surface area contributed by atoms with E-state index in [9.17, 15) is 31.4 Å². The van der Waals surface area contributed by atoms with Crippen LogP contribution in [-0.4, -0.2) is 49.5 Å². The van der Waals surface area contributed by atoms with Gasteiger partial charge in [0.1, 0.15) is 11.5 Å². The molecule has 5 nitrogen and oxygen atoms in total. The molecule has 2 atom stereocenters. The fraction of sp³-hybridized carbons (Fsp3) is 0.529. The van der Waals surface area contributed by atoms with Crippen molar-refractivity contribution in [2.45, 2.75) is 149 Å². The molecule has 0 saturated carbocycles. The largest absolute Gasteiger partial charge is 0.496 e. The number of nitrogens with zero attached hydrogens (tertiary/aromatic N) is 1. The first-order valence-corrected chi connectivity index (χ1v) is 22.9. The maximum atomic E-state index is 13.7. The molecule has 4 aromatic carbocycles. The Bertz CT molecular complexity index is 2060. The minimum absolute atomic E-state index is 0.111. The number of alkyl halides is 6. The maximum Gasteiger partial charge on any atom is 0.416 e. The maximum absolute atomic E-state index is 13.7. The quantitative estimate of drug-likeness (QED) is 0.116. The van der Waals surface area contributed by atoms with Gasteiger partial charge in [-0.3, -0.25) is 4.90 Å². The topological polar surface area (TPSA) is 54.0 Å². The average molecular weight is 901 g/mol. The highest BCUT2D eigenvalue weighted by Crippen LogP contribution is 2.47. The second-order valence-corrected chi connectivity index (χ2v) is 23.3. The van der Waals surface area contributed by atoms with Gasteiger partial charge < -0.3 is 19.9 Å². The Hall–Kier alpha value is -3.63. The van der Waals surface area contributed by atoms with Crippen LogP contribution in [0, 0.1) is 0 Å². The van der Waals surface area contributed by atoms with E-state index in [2.05, 4.69) is 136 Å². The molecule has 5 rings (SSSR count). The van der Waals surface area contributed by atoms with Crippen LogP contribution in [0.3, 0.4) is 0 Å². The van der Waals surface area contributed by atoms with Crippen LogP contribution in [0.25, 0.3) is 0 Å². The molecule has 346 valence electrons. The van der Waals surface area contributed by atoms with Crippen LogP contribution in [0.15, 0.2) is 66.7 Å². The molecule has 0 aliphatic carbocycles. The van der Waals surface area contributed by atoms with Crippen molar-refractivity contribution >= 4 is 23.8 Å². The number of hydrogen-bond donors (Lipinski definition) is 2. The SMILES string of the molecule is COc1c(C(C)(C)C)cc(P(c2cc(C(C)(C)C)c(OC)c(C(C)(C)C)c2)c2ccccc2CN2C[C@@H](NCc3cc(C(F)(F)F)cc(C(F)(F)F)c3)C[C@H]2CO)cc1C(C)(C)C. The Morgan fingerprint density at radius 1 is 0.635 bits per heavy atom. The molecule has 0 amide bonds. The minimum Gasteiger partial charge on any atom is -0.496 e. The zero-order chi connectivity index (χ0) is 47.2. The van der Waals surface area contributed by atoms with Crippen LogP contribution >= 0.6 is 7.92 Å². The fourth-order valence-electron chi connectivity index (χ4n) is 8.56. The summed E-state index contributed by atoms with van der Waals surface area (Å²) in [7, 11) is 2.21. The van der Waals surface area contributed by atoms with Crippen molar-refractivity contribution in [2.24, 2.45) is 0 Å². The number of halogens is 6. The summed E-state index contributed by atoms with van der Waals surface area (Å²) in [6.07, 6.45) is -9.40. The van der Waals surface area contributed by atoms with Gasteiger partial charge in [0.25, 0.3) is 0 Å². The zero-order valence-corrected chi connectivity index (χ0v) is 40.4. The van der Waals surface area contributed by atoms with Crippen LogP contribution < -0.4 is 30.7 Å². The molecule has 12 heteroatoms. The molecular weight excluding hydrogens is 834 g/mol. The van der Waals surface area contributed by atoms with Gasteiger partial charge in [-0.1, -0.05) is 107 Å². The Balaban J connectivity index is 1.67. The first kappa shape index (κ1) is 50.4. The van der Waals surface area contributed by atoms with Gasteiger partial charge in [-0.15, -0.1) is 0 Å². The first-order chi connectivity index (χ1) is 28.9. The molecule has 0 bridgehead atoms. The van der Waals surface area contributed by atoms with Gasteiger partial charge >= 0.3 is 12.4 Å². The predicted octanol–water partition coefficient (Wildman–Crippen LogP) is 11.4. The van der Waals surface area contributed by atoms with E-state index in [4.69, 9.17) is 9.47 Å². The van der Waals surface area contributed by atoms with Crippen molar-refractivity contribution in [3.05, 3.63) is 111 Å². The van der Waals surface area contributed by atoms with Gasteiger partial charge in [0, 0.05) is 54.0 Å². The van der Waals surface area contributed by atoms with E-state index >= 15 is 0 Å². The van der Waals surface area contributed by atoms with Crippen LogP contribution in [0.4, 0.5) is 26.3 Å². The van der Waals surface area contributed by atoms with Gasteiger partial charge in [0.2, 0.25) is 0 Å². The van der Waals surface area contributed by atoms with Crippen molar-refractivity contribution < 1.29 is 40.9 Å². The lowest BCUT2D eigenvalue weighted by Crippen LogP contribution is -2.36. The Labute approximate surface area is 372 Å². The van der Waals surface area contributed by atoms with Gasteiger partial charge in [0.15, 0.2) is 0 Å². The fourth-order valence-corrected chi connectivity index (χ4v) is 11.1. The van der Waals surface area contributed by atoms with Crippen LogP contribution in [0.5, 0.6) is 11.5 Å². The lowest BCUT2D eigenvalue weighted by atomic mass is 9.79. The molecule has 0 spiro atoms. The van der Waals surface area contributed by atoms with Gasteiger partial charge in [0.05, 0.1) is 32.0 Å². The highest BCUT2D eigenvalue weighted by atomic mass is 31.1. The number of benzene rings is 4. The van der Waals surface area contributed by atoms with E-state index in [0.717, 1.165) is 67.4 Å². The van der Waals surface area contributed by atoms with Crippen molar-refractivity contribution in [1.82, 2.24) is 10.2 Å². The molecule has 1 fully saturated rings. The van der Waals surface area contributed by atoms with Crippen LogP contribution in [0.1, 0.15) is 134 Å². The summed E-state index contributed by atoms with van der Waals surface area (Å²) in [6, 6.07) is 18.8. The van der Waals surface area contributed by atoms with Crippen LogP contribution in [-0.2, 0) is 47.1 Å². The second kappa shape index (κ2) is 18.3. The Morgan fingerprint density at radius 3 is 1.41 bits per heavy atom. The summed E-state index contributed by atoms with van der Waals surface area (Å²) < 4.78 is 94.4. The van der Waals surface area contributed by atoms with Crippen molar-refractivity contribution in [3.63, 3.8) is 0 Å². The monoisotopic (exact) mass is 900 g/mol. The average Bonchev–Trinajstić information content (AvgIpc) is 3.56. The van der Waals surface area contributed by atoms with Gasteiger partial charge in [-0.2, -0.15) is 26.3 Å². The third kappa shape index (κ3) is 11.6. The number of ether oxygens (including phenoxy) is 2. The summed E-state index contributed by atoms with van der Waals surface area (Å²) in [5.74, 6) is 1.76. The molecule has 0 aromatic heterocycles. The molecule has 63 heavy (non-hydrogen) atoms. The van der Waals surface area contributed by atoms with Gasteiger partial charge in [-0.25, -0.2) is 0 Å². The Morgan fingerprint density at radius 2 is 1.05 bits per heavy atom. The van der Waals surface area contributed by atoms with Crippen molar-refractivity contribution in [2.75, 3.05) is 27.4 Å². The number of hydrogen-bond acceptors (Lipinski definition) is 5. The standard InChI is InChI=1S/C51H67F6N2O3P/c1-46(2,3)39-23-37(24-40(44(39)61-13)47(4,5)6)63(38-25-41(48(7,8)9)45(62-14)42(26-38)49(10,11)12)43-18-16-15-17-32(43)28-59-29-35(22-36(59)30-60)58-27-31-19-33(50(52,53)54)21-34(20-31)51(55,56)57/h15-21,23-26,35-36,58,60H,22,27-30H2,1-14H3/t35-,36-/m0/s1. The summed E-state index contributed by atoms with van der Waals surface area (Å²) >= 11 is 0. The number of aliphatic hydroxyl groups excluding tert-OH is 1. The summed E-state index contributed by atoms with van der Waals surface area (Å²) in [5, 5.41) is 17.4. The molecular formula is C51H67F6N2O3P. The minimum atomic E-state index is -4.93. The highest BCUT2D eigenvalue weighted by Gasteiger charge is 2.39. The highest BCUT2D eigenvalue weighted by molar-refractivity contribution is 7.80. The zero-order valence-electron chi connectivity index (χ0n) is 39.5. The third-order valence-electron chi connectivity index (χ3n) is 11.9. The molecule has 0 radical (unpaired) electrons. The van der Waals surface area contributed by atoms with E-state index in [1.54, 1.807) is 14.2 Å².